The molecule has 0 saturated heterocycles. The van der Waals surface area contributed by atoms with Gasteiger partial charge in [-0.1, -0.05) is 143 Å². The lowest BCUT2D eigenvalue weighted by Gasteiger charge is -2.19. The summed E-state index contributed by atoms with van der Waals surface area (Å²) in [4.78, 5) is 9.44. The molecule has 0 N–H and O–H groups in total. The molecular weight excluding hydrogens is 812 g/mol. The highest BCUT2D eigenvalue weighted by atomic mass is 35.5. The highest BCUT2D eigenvalue weighted by Gasteiger charge is 2.23. The van der Waals surface area contributed by atoms with Crippen molar-refractivity contribution in [1.82, 2.24) is 19.1 Å². The van der Waals surface area contributed by atoms with E-state index in [-0.39, 0.29) is 21.7 Å². The second-order valence-corrected chi connectivity index (χ2v) is 22.7. The topological polar surface area (TPSA) is 35.6 Å². The van der Waals surface area contributed by atoms with Crippen molar-refractivity contribution in [3.05, 3.63) is 167 Å². The Morgan fingerprint density at radius 1 is 0.369 bits per heavy atom. The molecule has 65 heavy (non-hydrogen) atoms. The molecule has 0 unspecified atom stereocenters. The van der Waals surface area contributed by atoms with Gasteiger partial charge in [0, 0.05) is 32.9 Å². The van der Waals surface area contributed by atoms with E-state index in [1.807, 2.05) is 0 Å². The first-order chi connectivity index (χ1) is 30.6. The number of halogens is 1. The maximum atomic E-state index is 6.45. The Kier molecular flexibility index (Phi) is 9.79. The molecule has 0 amide bonds. The molecule has 0 spiro atoms. The van der Waals surface area contributed by atoms with Gasteiger partial charge in [-0.05, 0) is 151 Å². The molecule has 3 aromatic heterocycles. The lowest BCUT2D eigenvalue weighted by Crippen LogP contribution is -2.10. The summed E-state index contributed by atoms with van der Waals surface area (Å²) in [7, 11) is 0. The van der Waals surface area contributed by atoms with Gasteiger partial charge < -0.3 is 9.13 Å². The van der Waals surface area contributed by atoms with E-state index >= 15 is 0 Å². The quantitative estimate of drug-likeness (QED) is 0.177. The average molecular weight is 872 g/mol. The van der Waals surface area contributed by atoms with Crippen molar-refractivity contribution in [2.24, 2.45) is 0 Å². The van der Waals surface area contributed by atoms with Crippen molar-refractivity contribution >= 4 is 66.2 Å². The molecule has 0 saturated carbocycles. The van der Waals surface area contributed by atoms with Crippen LogP contribution in [0.3, 0.4) is 0 Å². The molecule has 0 atom stereocenters. The fourth-order valence-electron chi connectivity index (χ4n) is 9.56. The summed E-state index contributed by atoms with van der Waals surface area (Å²) in [6.07, 6.45) is 1.63. The van der Waals surface area contributed by atoms with Gasteiger partial charge in [0.1, 0.15) is 5.15 Å². The minimum Gasteiger partial charge on any atom is -0.309 e. The Morgan fingerprint density at radius 2 is 0.677 bits per heavy atom. The first-order valence-corrected chi connectivity index (χ1v) is 23.4. The van der Waals surface area contributed by atoms with E-state index in [0.717, 1.165) is 44.7 Å². The van der Waals surface area contributed by atoms with E-state index in [0.29, 0.717) is 5.15 Å². The molecule has 0 bridgehead atoms. The van der Waals surface area contributed by atoms with Crippen LogP contribution in [0.4, 0.5) is 0 Å². The summed E-state index contributed by atoms with van der Waals surface area (Å²) < 4.78 is 4.84. The molecule has 10 rings (SSSR count). The lowest BCUT2D eigenvalue weighted by atomic mass is 9.85. The van der Waals surface area contributed by atoms with E-state index in [1.165, 1.54) is 65.9 Å². The molecule has 10 aromatic rings. The van der Waals surface area contributed by atoms with Gasteiger partial charge in [-0.25, -0.2) is 4.98 Å². The van der Waals surface area contributed by atoms with Gasteiger partial charge in [0.05, 0.1) is 39.3 Å². The highest BCUT2D eigenvalue weighted by Crippen LogP contribution is 2.42. The number of fused-ring (bicyclic) bond motifs is 7. The summed E-state index contributed by atoms with van der Waals surface area (Å²) in [5.41, 5.74) is 18.5. The fraction of sp³-hybridized carbons (Fsp3) is 0.267. The van der Waals surface area contributed by atoms with Gasteiger partial charge in [-0.2, -0.15) is 0 Å². The second kappa shape index (κ2) is 14.9. The maximum Gasteiger partial charge on any atom is 0.148 e. The summed E-state index contributed by atoms with van der Waals surface area (Å²) in [5.74, 6) is 0. The number of nitrogens with zero attached hydrogens (tertiary/aromatic N) is 4. The largest absolute Gasteiger partial charge is 0.309 e. The molecule has 0 aliphatic rings. The van der Waals surface area contributed by atoms with Crippen LogP contribution in [0.25, 0.3) is 88.3 Å². The van der Waals surface area contributed by atoms with Gasteiger partial charge in [0.25, 0.3) is 0 Å². The molecule has 3 heterocycles. The number of benzene rings is 7. The van der Waals surface area contributed by atoms with E-state index < -0.39 is 0 Å². The number of rotatable bonds is 4. The number of aromatic nitrogens is 4. The highest BCUT2D eigenvalue weighted by molar-refractivity contribution is 6.29. The SMILES string of the molecule is CC(C)(C)c1ccc2c(c1)c1cc(C(C)(C)C)ccc1n2-c1ccc(-c2cc3ncc(Cl)nc3cc2-c2ccc(-n3c4ccc(C(C)(C)C)cc4c4cc(C(C)(C)C)ccc43)cc2)cc1. The zero-order valence-corrected chi connectivity index (χ0v) is 40.7. The van der Waals surface area contributed by atoms with Crippen LogP contribution in [-0.2, 0) is 21.7 Å². The van der Waals surface area contributed by atoms with Crippen molar-refractivity contribution in [2.75, 3.05) is 0 Å². The minimum atomic E-state index is 0.0381. The number of hydrogen-bond donors (Lipinski definition) is 0. The second-order valence-electron chi connectivity index (χ2n) is 22.3. The van der Waals surface area contributed by atoms with Crippen LogP contribution in [0.15, 0.2) is 140 Å². The fourth-order valence-corrected chi connectivity index (χ4v) is 9.70. The van der Waals surface area contributed by atoms with Crippen LogP contribution in [-0.4, -0.2) is 19.1 Å². The van der Waals surface area contributed by atoms with Crippen LogP contribution >= 0.6 is 11.6 Å². The van der Waals surface area contributed by atoms with E-state index in [9.17, 15) is 0 Å². The van der Waals surface area contributed by atoms with Crippen LogP contribution in [0.2, 0.25) is 5.15 Å². The predicted molar refractivity (Wildman–Crippen MR) is 279 cm³/mol. The monoisotopic (exact) mass is 870 g/mol. The van der Waals surface area contributed by atoms with E-state index in [1.54, 1.807) is 6.20 Å². The van der Waals surface area contributed by atoms with Crippen molar-refractivity contribution in [3.8, 4) is 33.6 Å². The third-order valence-electron chi connectivity index (χ3n) is 13.5. The Labute approximate surface area is 388 Å². The number of hydrogen-bond acceptors (Lipinski definition) is 2. The summed E-state index contributed by atoms with van der Waals surface area (Å²) in [6.45, 7) is 27.5. The van der Waals surface area contributed by atoms with Gasteiger partial charge in [0.2, 0.25) is 0 Å². The molecule has 4 nitrogen and oxygen atoms in total. The van der Waals surface area contributed by atoms with Gasteiger partial charge >= 0.3 is 0 Å². The van der Waals surface area contributed by atoms with Gasteiger partial charge in [-0.15, -0.1) is 0 Å². The van der Waals surface area contributed by atoms with Gasteiger partial charge in [0.15, 0.2) is 0 Å². The summed E-state index contributed by atoms with van der Waals surface area (Å²) in [6, 6.07) is 50.3. The molecule has 0 fully saturated rings. The first kappa shape index (κ1) is 42.7. The Bertz CT molecular complexity index is 3360. The molecular formula is C60H59ClN4. The lowest BCUT2D eigenvalue weighted by molar-refractivity contribution is 0.590. The normalized spacial score (nSPS) is 13.0. The van der Waals surface area contributed by atoms with Crippen molar-refractivity contribution in [1.29, 1.82) is 0 Å². The molecule has 5 heteroatoms. The molecule has 0 radical (unpaired) electrons. The van der Waals surface area contributed by atoms with Crippen molar-refractivity contribution in [2.45, 2.75) is 105 Å². The molecule has 326 valence electrons. The van der Waals surface area contributed by atoms with Gasteiger partial charge in [-0.3, -0.25) is 4.98 Å². The molecule has 0 aliphatic carbocycles. The zero-order valence-electron chi connectivity index (χ0n) is 39.9. The van der Waals surface area contributed by atoms with Crippen LogP contribution in [0.5, 0.6) is 0 Å². The third kappa shape index (κ3) is 7.50. The van der Waals surface area contributed by atoms with Crippen LogP contribution in [0, 0.1) is 0 Å². The third-order valence-corrected chi connectivity index (χ3v) is 13.7. The average Bonchev–Trinajstić information content (AvgIpc) is 3.76. The molecule has 0 aliphatic heterocycles. The first-order valence-electron chi connectivity index (χ1n) is 23.0. The Morgan fingerprint density at radius 3 is 0.985 bits per heavy atom. The summed E-state index contributed by atoms with van der Waals surface area (Å²) in [5, 5.41) is 5.50. The standard InChI is InChI=1S/C60H59ClN4/c1-57(2,3)38-17-25-52-46(29-38)47-30-39(58(4,5)6)18-26-53(47)64(52)42-21-13-36(14-22-42)44-33-50-51(63-56(61)35-62-50)34-45(44)37-15-23-43(24-16-37)65-54-27-19-40(59(7,8)9)31-48(54)49-32-41(60(10,11)12)20-28-55(49)65/h13-35H,1-12H3. The van der Waals surface area contributed by atoms with E-state index in [4.69, 9.17) is 21.6 Å². The predicted octanol–water partition coefficient (Wildman–Crippen LogP) is 17.0. The van der Waals surface area contributed by atoms with Crippen LogP contribution < -0.4 is 0 Å². The van der Waals surface area contributed by atoms with Crippen molar-refractivity contribution in [3.63, 3.8) is 0 Å². The Hall–Kier alpha value is -6.23. The van der Waals surface area contributed by atoms with E-state index in [2.05, 4.69) is 226 Å². The van der Waals surface area contributed by atoms with Crippen LogP contribution in [0.1, 0.15) is 105 Å². The maximum absolute atomic E-state index is 6.45. The summed E-state index contributed by atoms with van der Waals surface area (Å²) >= 11 is 6.45. The Balaban J connectivity index is 1.10. The van der Waals surface area contributed by atoms with Crippen molar-refractivity contribution < 1.29 is 0 Å². The smallest absolute Gasteiger partial charge is 0.148 e. The zero-order chi connectivity index (χ0) is 46.0. The molecule has 7 aromatic carbocycles. The minimum absolute atomic E-state index is 0.0381.